The number of hydrogen-bond donors (Lipinski definition) is 0. The summed E-state index contributed by atoms with van der Waals surface area (Å²) < 4.78 is 5.11. The maximum atomic E-state index is 5.11. The van der Waals surface area contributed by atoms with Crippen LogP contribution in [-0.2, 0) is 4.74 Å². The van der Waals surface area contributed by atoms with Gasteiger partial charge in [0.1, 0.15) is 0 Å². The van der Waals surface area contributed by atoms with Crippen molar-refractivity contribution in [1.82, 2.24) is 0 Å². The second kappa shape index (κ2) is 6.42. The Hall–Kier alpha value is -0.0400. The zero-order valence-electron chi connectivity index (χ0n) is 10.0. The average molecular weight is 186 g/mol. The van der Waals surface area contributed by atoms with Crippen LogP contribution in [0.3, 0.4) is 0 Å². The molecule has 0 aromatic heterocycles. The summed E-state index contributed by atoms with van der Waals surface area (Å²) >= 11 is 0. The summed E-state index contributed by atoms with van der Waals surface area (Å²) in [4.78, 5) is 0. The molecule has 13 heavy (non-hydrogen) atoms. The Labute approximate surface area is 83.9 Å². The minimum atomic E-state index is 0.554. The maximum absolute atomic E-state index is 5.11. The lowest BCUT2D eigenvalue weighted by atomic mass is 9.70. The lowest BCUT2D eigenvalue weighted by Crippen LogP contribution is -2.26. The van der Waals surface area contributed by atoms with Crippen LogP contribution in [-0.4, -0.2) is 13.7 Å². The van der Waals surface area contributed by atoms with E-state index in [0.717, 1.165) is 12.5 Å². The van der Waals surface area contributed by atoms with E-state index in [1.807, 2.05) is 0 Å². The number of hydrogen-bond acceptors (Lipinski definition) is 1. The van der Waals surface area contributed by atoms with Gasteiger partial charge in [-0.1, -0.05) is 40.5 Å². The Kier molecular flexibility index (Phi) is 6.40. The van der Waals surface area contributed by atoms with Crippen LogP contribution in [0.25, 0.3) is 0 Å². The van der Waals surface area contributed by atoms with Crippen molar-refractivity contribution in [1.29, 1.82) is 0 Å². The van der Waals surface area contributed by atoms with Gasteiger partial charge in [-0.05, 0) is 24.2 Å². The summed E-state index contributed by atoms with van der Waals surface area (Å²) in [6, 6.07) is 0. The molecule has 0 amide bonds. The SMILES string of the molecule is CCC(CC)(CCCOC)C(C)C. The fraction of sp³-hybridized carbons (Fsp3) is 1.00. The van der Waals surface area contributed by atoms with Gasteiger partial charge in [-0.2, -0.15) is 0 Å². The molecule has 0 radical (unpaired) electrons. The van der Waals surface area contributed by atoms with Crippen LogP contribution in [0.4, 0.5) is 0 Å². The maximum Gasteiger partial charge on any atom is 0.0462 e. The van der Waals surface area contributed by atoms with Gasteiger partial charge in [-0.3, -0.25) is 0 Å². The quantitative estimate of drug-likeness (QED) is 0.548. The molecular formula is C12H26O. The first-order valence-corrected chi connectivity index (χ1v) is 5.62. The molecule has 0 atom stereocenters. The second-order valence-corrected chi connectivity index (χ2v) is 4.32. The topological polar surface area (TPSA) is 9.23 Å². The fourth-order valence-electron chi connectivity index (χ4n) is 2.28. The summed E-state index contributed by atoms with van der Waals surface area (Å²) in [5, 5.41) is 0. The first-order chi connectivity index (χ1) is 6.13. The Balaban J connectivity index is 4.06. The summed E-state index contributed by atoms with van der Waals surface area (Å²) in [5.74, 6) is 0.791. The van der Waals surface area contributed by atoms with Crippen molar-refractivity contribution < 1.29 is 4.74 Å². The third-order valence-electron chi connectivity index (χ3n) is 3.66. The van der Waals surface area contributed by atoms with E-state index in [4.69, 9.17) is 4.74 Å². The molecule has 1 nitrogen and oxygen atoms in total. The van der Waals surface area contributed by atoms with Crippen LogP contribution >= 0.6 is 0 Å². The van der Waals surface area contributed by atoms with Crippen molar-refractivity contribution in [2.75, 3.05) is 13.7 Å². The standard InChI is InChI=1S/C12H26O/c1-6-12(7-2,11(3)4)9-8-10-13-5/h11H,6-10H2,1-5H3. The van der Waals surface area contributed by atoms with Crippen molar-refractivity contribution in [3.63, 3.8) is 0 Å². The fourth-order valence-corrected chi connectivity index (χ4v) is 2.28. The molecule has 0 fully saturated rings. The molecule has 0 aliphatic carbocycles. The number of rotatable bonds is 7. The van der Waals surface area contributed by atoms with E-state index in [0.29, 0.717) is 5.41 Å². The van der Waals surface area contributed by atoms with Crippen LogP contribution < -0.4 is 0 Å². The van der Waals surface area contributed by atoms with Crippen LogP contribution in [0, 0.1) is 11.3 Å². The van der Waals surface area contributed by atoms with Crippen molar-refractivity contribution >= 4 is 0 Å². The van der Waals surface area contributed by atoms with Crippen molar-refractivity contribution in [3.05, 3.63) is 0 Å². The minimum Gasteiger partial charge on any atom is -0.385 e. The highest BCUT2D eigenvalue weighted by molar-refractivity contribution is 4.79. The average Bonchev–Trinajstić information content (AvgIpc) is 2.13. The van der Waals surface area contributed by atoms with E-state index in [-0.39, 0.29) is 0 Å². The second-order valence-electron chi connectivity index (χ2n) is 4.32. The lowest BCUT2D eigenvalue weighted by molar-refractivity contribution is 0.120. The van der Waals surface area contributed by atoms with E-state index in [9.17, 15) is 0 Å². The van der Waals surface area contributed by atoms with Crippen LogP contribution in [0.15, 0.2) is 0 Å². The van der Waals surface area contributed by atoms with E-state index < -0.39 is 0 Å². The molecule has 0 rings (SSSR count). The van der Waals surface area contributed by atoms with Gasteiger partial charge in [0.25, 0.3) is 0 Å². The van der Waals surface area contributed by atoms with E-state index in [1.54, 1.807) is 7.11 Å². The highest BCUT2D eigenvalue weighted by Crippen LogP contribution is 2.39. The summed E-state index contributed by atoms with van der Waals surface area (Å²) in [7, 11) is 1.79. The normalized spacial score (nSPS) is 12.5. The highest BCUT2D eigenvalue weighted by atomic mass is 16.5. The largest absolute Gasteiger partial charge is 0.385 e. The molecule has 0 aromatic rings. The smallest absolute Gasteiger partial charge is 0.0462 e. The monoisotopic (exact) mass is 186 g/mol. The van der Waals surface area contributed by atoms with Crippen LogP contribution in [0.2, 0.25) is 0 Å². The summed E-state index contributed by atoms with van der Waals surface area (Å²) in [6.07, 6.45) is 5.11. The van der Waals surface area contributed by atoms with Crippen molar-refractivity contribution in [3.8, 4) is 0 Å². The van der Waals surface area contributed by atoms with E-state index in [2.05, 4.69) is 27.7 Å². The van der Waals surface area contributed by atoms with Gasteiger partial charge in [0.2, 0.25) is 0 Å². The molecule has 80 valence electrons. The molecule has 0 aromatic carbocycles. The molecule has 0 bridgehead atoms. The van der Waals surface area contributed by atoms with E-state index >= 15 is 0 Å². The number of ether oxygens (including phenoxy) is 1. The van der Waals surface area contributed by atoms with Gasteiger partial charge in [-0.15, -0.1) is 0 Å². The third kappa shape index (κ3) is 3.68. The van der Waals surface area contributed by atoms with E-state index in [1.165, 1.54) is 25.7 Å². The summed E-state index contributed by atoms with van der Waals surface area (Å²) in [5.41, 5.74) is 0.554. The van der Waals surface area contributed by atoms with Gasteiger partial charge in [0, 0.05) is 13.7 Å². The van der Waals surface area contributed by atoms with Crippen molar-refractivity contribution in [2.24, 2.45) is 11.3 Å². The van der Waals surface area contributed by atoms with Gasteiger partial charge in [0.05, 0.1) is 0 Å². The predicted molar refractivity (Wildman–Crippen MR) is 59.0 cm³/mol. The Morgan fingerprint density at radius 1 is 1.15 bits per heavy atom. The molecule has 0 aliphatic rings. The molecular weight excluding hydrogens is 160 g/mol. The molecule has 0 spiro atoms. The first-order valence-electron chi connectivity index (χ1n) is 5.62. The molecule has 0 aliphatic heterocycles. The van der Waals surface area contributed by atoms with Gasteiger partial charge < -0.3 is 4.74 Å². The third-order valence-corrected chi connectivity index (χ3v) is 3.66. The van der Waals surface area contributed by atoms with Gasteiger partial charge in [0.15, 0.2) is 0 Å². The Bertz CT molecular complexity index is 114. The first kappa shape index (κ1) is 13.0. The van der Waals surface area contributed by atoms with Gasteiger partial charge >= 0.3 is 0 Å². The van der Waals surface area contributed by atoms with Gasteiger partial charge in [-0.25, -0.2) is 0 Å². The molecule has 0 saturated heterocycles. The molecule has 0 heterocycles. The number of methoxy groups -OCH3 is 1. The zero-order valence-corrected chi connectivity index (χ0v) is 10.0. The Morgan fingerprint density at radius 3 is 2.00 bits per heavy atom. The van der Waals surface area contributed by atoms with Crippen molar-refractivity contribution in [2.45, 2.75) is 53.4 Å². The zero-order chi connectivity index (χ0) is 10.3. The predicted octanol–water partition coefficient (Wildman–Crippen LogP) is 3.88. The van der Waals surface area contributed by atoms with Crippen LogP contribution in [0.1, 0.15) is 53.4 Å². The molecule has 0 unspecified atom stereocenters. The molecule has 1 heteroatoms. The lowest BCUT2D eigenvalue weighted by Gasteiger charge is -2.36. The van der Waals surface area contributed by atoms with Crippen LogP contribution in [0.5, 0.6) is 0 Å². The Morgan fingerprint density at radius 2 is 1.69 bits per heavy atom. The summed E-state index contributed by atoms with van der Waals surface area (Å²) in [6.45, 7) is 10.2. The molecule has 0 saturated carbocycles. The minimum absolute atomic E-state index is 0.554. The highest BCUT2D eigenvalue weighted by Gasteiger charge is 2.28. The molecule has 0 N–H and O–H groups in total.